The predicted molar refractivity (Wildman–Crippen MR) is 132 cm³/mol. The van der Waals surface area contributed by atoms with Crippen LogP contribution in [0.1, 0.15) is 29.0 Å². The lowest BCUT2D eigenvalue weighted by molar-refractivity contribution is -0.142. The summed E-state index contributed by atoms with van der Waals surface area (Å²) in [5.74, 6) is -0.0587. The van der Waals surface area contributed by atoms with Gasteiger partial charge in [0.2, 0.25) is 0 Å². The summed E-state index contributed by atoms with van der Waals surface area (Å²) in [7, 11) is 4.55. The highest BCUT2D eigenvalue weighted by Gasteiger charge is 2.32. The quantitative estimate of drug-likeness (QED) is 0.470. The van der Waals surface area contributed by atoms with Crippen LogP contribution in [0.3, 0.4) is 0 Å². The van der Waals surface area contributed by atoms with Gasteiger partial charge in [0.25, 0.3) is 0 Å². The van der Waals surface area contributed by atoms with E-state index in [1.807, 2.05) is 48.5 Å². The number of aryl methyl sites for hydroxylation is 1. The number of amides is 1. The van der Waals surface area contributed by atoms with Crippen LogP contribution < -0.4 is 9.47 Å². The first kappa shape index (κ1) is 24.1. The van der Waals surface area contributed by atoms with Crippen LogP contribution in [0.4, 0.5) is 4.79 Å². The van der Waals surface area contributed by atoms with Gasteiger partial charge in [-0.05, 0) is 46.7 Å². The summed E-state index contributed by atoms with van der Waals surface area (Å²) in [6.07, 6.45) is -0.0883. The number of carbonyl (C=O) groups is 2. The second-order valence-electron chi connectivity index (χ2n) is 8.46. The van der Waals surface area contributed by atoms with Crippen LogP contribution in [0.15, 0.2) is 66.7 Å². The number of hydrogen-bond acceptors (Lipinski definition) is 5. The topological polar surface area (TPSA) is 85.3 Å². The first-order valence-corrected chi connectivity index (χ1v) is 11.5. The van der Waals surface area contributed by atoms with Crippen molar-refractivity contribution in [1.82, 2.24) is 4.90 Å². The molecule has 0 saturated heterocycles. The molecule has 7 nitrogen and oxygen atoms in total. The van der Waals surface area contributed by atoms with Crippen LogP contribution in [-0.2, 0) is 16.0 Å². The first-order valence-electron chi connectivity index (χ1n) is 11.5. The van der Waals surface area contributed by atoms with E-state index in [1.165, 1.54) is 7.05 Å². The summed E-state index contributed by atoms with van der Waals surface area (Å²) in [6.45, 7) is 0.132. The van der Waals surface area contributed by atoms with E-state index in [2.05, 4.69) is 12.1 Å². The maximum Gasteiger partial charge on any atom is 0.410 e. The number of para-hydroxylation sites is 1. The van der Waals surface area contributed by atoms with E-state index in [9.17, 15) is 14.7 Å². The number of aliphatic carboxylic acids is 1. The zero-order chi connectivity index (χ0) is 24.9. The summed E-state index contributed by atoms with van der Waals surface area (Å²) in [5.41, 5.74) is 5.27. The van der Waals surface area contributed by atoms with E-state index < -0.39 is 18.1 Å². The molecule has 0 spiro atoms. The van der Waals surface area contributed by atoms with E-state index >= 15 is 0 Å². The van der Waals surface area contributed by atoms with E-state index in [0.717, 1.165) is 32.7 Å². The number of likely N-dealkylation sites (N-methyl/N-ethyl adjacent to an activating group) is 1. The number of carboxylic acid groups (broad SMARTS) is 1. The molecular formula is C28H29NO6. The molecule has 1 amide bonds. The van der Waals surface area contributed by atoms with Crippen LogP contribution in [-0.4, -0.2) is 56.0 Å². The highest BCUT2D eigenvalue weighted by atomic mass is 16.6. The third-order valence-electron chi connectivity index (χ3n) is 6.55. The molecule has 0 aromatic heterocycles. The number of benzene rings is 3. The summed E-state index contributed by atoms with van der Waals surface area (Å²) in [4.78, 5) is 26.1. The summed E-state index contributed by atoms with van der Waals surface area (Å²) in [6, 6.07) is 20.5. The Morgan fingerprint density at radius 3 is 2.11 bits per heavy atom. The maximum absolute atomic E-state index is 12.9. The molecule has 0 unspecified atom stereocenters. The smallest absolute Gasteiger partial charge is 0.410 e. The molecule has 0 bridgehead atoms. The van der Waals surface area contributed by atoms with Crippen molar-refractivity contribution in [3.05, 3.63) is 83.4 Å². The number of carboxylic acids is 1. The van der Waals surface area contributed by atoms with Gasteiger partial charge >= 0.3 is 12.1 Å². The molecule has 35 heavy (non-hydrogen) atoms. The minimum atomic E-state index is -1.09. The van der Waals surface area contributed by atoms with Gasteiger partial charge in [-0.25, -0.2) is 9.59 Å². The Balaban J connectivity index is 1.44. The van der Waals surface area contributed by atoms with Crippen molar-refractivity contribution >= 4 is 12.1 Å². The van der Waals surface area contributed by atoms with Gasteiger partial charge in [0.1, 0.15) is 12.6 Å². The molecule has 7 heteroatoms. The van der Waals surface area contributed by atoms with Gasteiger partial charge in [-0.3, -0.25) is 4.90 Å². The average Bonchev–Trinajstić information content (AvgIpc) is 3.20. The fourth-order valence-electron chi connectivity index (χ4n) is 4.75. The number of methoxy groups -OCH3 is 2. The van der Waals surface area contributed by atoms with Gasteiger partial charge in [0.05, 0.1) is 14.2 Å². The first-order chi connectivity index (χ1) is 17.0. The number of ether oxygens (including phenoxy) is 3. The molecule has 3 aromatic carbocycles. The summed E-state index contributed by atoms with van der Waals surface area (Å²) >= 11 is 0. The number of nitrogens with zero attached hydrogens (tertiary/aromatic N) is 1. The molecule has 1 aliphatic rings. The number of rotatable bonds is 9. The van der Waals surface area contributed by atoms with Crippen molar-refractivity contribution in [3.8, 4) is 22.6 Å². The van der Waals surface area contributed by atoms with Crippen molar-refractivity contribution in [2.24, 2.45) is 0 Å². The second kappa shape index (κ2) is 10.5. The summed E-state index contributed by atoms with van der Waals surface area (Å²) in [5, 5.41) is 9.83. The Morgan fingerprint density at radius 1 is 0.914 bits per heavy atom. The van der Waals surface area contributed by atoms with E-state index in [0.29, 0.717) is 17.9 Å². The van der Waals surface area contributed by atoms with Crippen molar-refractivity contribution in [2.75, 3.05) is 27.9 Å². The Kier molecular flexibility index (Phi) is 7.25. The van der Waals surface area contributed by atoms with Crippen LogP contribution in [0.2, 0.25) is 0 Å². The van der Waals surface area contributed by atoms with Gasteiger partial charge < -0.3 is 19.3 Å². The SMILES string of the molecule is COc1cccc(CC[C@@H](C(=O)O)N(C)C(=O)OCC2c3ccccc3-c3ccccc32)c1OC. The average molecular weight is 476 g/mol. The van der Waals surface area contributed by atoms with Crippen LogP contribution >= 0.6 is 0 Å². The van der Waals surface area contributed by atoms with Gasteiger partial charge in [-0.2, -0.15) is 0 Å². The van der Waals surface area contributed by atoms with Gasteiger partial charge in [0.15, 0.2) is 11.5 Å². The lowest BCUT2D eigenvalue weighted by Crippen LogP contribution is -2.43. The van der Waals surface area contributed by atoms with E-state index in [-0.39, 0.29) is 18.9 Å². The Morgan fingerprint density at radius 2 is 1.54 bits per heavy atom. The van der Waals surface area contributed by atoms with Crippen molar-refractivity contribution < 1.29 is 28.9 Å². The van der Waals surface area contributed by atoms with Gasteiger partial charge in [0, 0.05) is 13.0 Å². The van der Waals surface area contributed by atoms with Gasteiger partial charge in [-0.15, -0.1) is 0 Å². The standard InChI is InChI=1S/C28H29NO6/c1-29(24(27(30)31)16-15-18-9-8-14-25(33-2)26(18)34-3)28(32)35-17-23-21-12-6-4-10-19(21)20-11-5-7-13-22(20)23/h4-14,23-24H,15-17H2,1-3H3,(H,30,31)/t24-/m0/s1. The third-order valence-corrected chi connectivity index (χ3v) is 6.55. The van der Waals surface area contributed by atoms with Crippen molar-refractivity contribution in [2.45, 2.75) is 24.8 Å². The molecular weight excluding hydrogens is 446 g/mol. The molecule has 0 fully saturated rings. The zero-order valence-corrected chi connectivity index (χ0v) is 20.1. The molecule has 0 aliphatic heterocycles. The molecule has 182 valence electrons. The predicted octanol–water partition coefficient (Wildman–Crippen LogP) is 4.97. The fraction of sp³-hybridized carbons (Fsp3) is 0.286. The number of hydrogen-bond donors (Lipinski definition) is 1. The highest BCUT2D eigenvalue weighted by Crippen LogP contribution is 2.44. The minimum Gasteiger partial charge on any atom is -0.493 e. The van der Waals surface area contributed by atoms with Crippen LogP contribution in [0.5, 0.6) is 11.5 Å². The second-order valence-corrected chi connectivity index (χ2v) is 8.46. The van der Waals surface area contributed by atoms with Crippen LogP contribution in [0, 0.1) is 0 Å². The Labute approximate surface area is 204 Å². The lowest BCUT2D eigenvalue weighted by atomic mass is 9.98. The molecule has 0 heterocycles. The number of carbonyl (C=O) groups excluding carboxylic acids is 1. The third kappa shape index (κ3) is 4.80. The normalized spacial score (nSPS) is 12.9. The highest BCUT2D eigenvalue weighted by molar-refractivity contribution is 5.81. The minimum absolute atomic E-state index is 0.0935. The van der Waals surface area contributed by atoms with Gasteiger partial charge in [-0.1, -0.05) is 60.7 Å². The molecule has 1 atom stereocenters. The largest absolute Gasteiger partial charge is 0.493 e. The molecule has 3 aromatic rings. The Hall–Kier alpha value is -4.00. The summed E-state index contributed by atoms with van der Waals surface area (Å²) < 4.78 is 16.4. The molecule has 0 radical (unpaired) electrons. The molecule has 1 N–H and O–H groups in total. The molecule has 1 aliphatic carbocycles. The number of fused-ring (bicyclic) bond motifs is 3. The van der Waals surface area contributed by atoms with E-state index in [4.69, 9.17) is 14.2 Å². The van der Waals surface area contributed by atoms with Crippen molar-refractivity contribution in [1.29, 1.82) is 0 Å². The maximum atomic E-state index is 12.9. The van der Waals surface area contributed by atoms with Crippen LogP contribution in [0.25, 0.3) is 11.1 Å². The lowest BCUT2D eigenvalue weighted by Gasteiger charge is -2.25. The monoisotopic (exact) mass is 475 g/mol. The van der Waals surface area contributed by atoms with E-state index in [1.54, 1.807) is 20.3 Å². The zero-order valence-electron chi connectivity index (χ0n) is 20.1. The van der Waals surface area contributed by atoms with Crippen molar-refractivity contribution in [3.63, 3.8) is 0 Å². The molecule has 4 rings (SSSR count). The molecule has 0 saturated carbocycles. The fourth-order valence-corrected chi connectivity index (χ4v) is 4.75. The Bertz CT molecular complexity index is 1180.